The Bertz CT molecular complexity index is 1170. The summed E-state index contributed by atoms with van der Waals surface area (Å²) in [4.78, 5) is 17.3. The van der Waals surface area contributed by atoms with Crippen molar-refractivity contribution >= 4 is 21.6 Å². The minimum Gasteiger partial charge on any atom is -0.336 e. The van der Waals surface area contributed by atoms with Crippen molar-refractivity contribution < 1.29 is 13.2 Å². The lowest BCUT2D eigenvalue weighted by atomic mass is 10.1. The largest absolute Gasteiger partial charge is 0.336 e. The van der Waals surface area contributed by atoms with Gasteiger partial charge in [0.05, 0.1) is 4.90 Å². The van der Waals surface area contributed by atoms with Gasteiger partial charge in [0.25, 0.3) is 15.9 Å². The highest BCUT2D eigenvalue weighted by molar-refractivity contribution is 7.92. The average molecular weight is 464 g/mol. The van der Waals surface area contributed by atoms with E-state index in [9.17, 15) is 13.2 Å². The summed E-state index contributed by atoms with van der Waals surface area (Å²) in [5.74, 6) is -0.0619. The SMILES string of the molecule is Cc1ccc(NS(=O)(=O)c2ccc(C(=O)N3CCN(CCc4ccccc4)CC3)cc2)cc1. The molecule has 0 spiro atoms. The molecular weight excluding hydrogens is 434 g/mol. The van der Waals surface area contributed by atoms with Gasteiger partial charge in [-0.3, -0.25) is 14.4 Å². The highest BCUT2D eigenvalue weighted by atomic mass is 32.2. The maximum Gasteiger partial charge on any atom is 0.261 e. The molecule has 172 valence electrons. The van der Waals surface area contributed by atoms with E-state index < -0.39 is 10.0 Å². The third-order valence-electron chi connectivity index (χ3n) is 5.93. The van der Waals surface area contributed by atoms with E-state index in [2.05, 4.69) is 33.9 Å². The summed E-state index contributed by atoms with van der Waals surface area (Å²) in [5, 5.41) is 0. The van der Waals surface area contributed by atoms with Gasteiger partial charge in [0.1, 0.15) is 0 Å². The molecule has 1 fully saturated rings. The van der Waals surface area contributed by atoms with Gasteiger partial charge in [0.15, 0.2) is 0 Å². The highest BCUT2D eigenvalue weighted by Gasteiger charge is 2.23. The quantitative estimate of drug-likeness (QED) is 0.579. The van der Waals surface area contributed by atoms with E-state index in [1.807, 2.05) is 30.0 Å². The topological polar surface area (TPSA) is 69.7 Å². The van der Waals surface area contributed by atoms with Gasteiger partial charge in [-0.25, -0.2) is 8.42 Å². The highest BCUT2D eigenvalue weighted by Crippen LogP contribution is 2.18. The Hall–Kier alpha value is -3.16. The number of hydrogen-bond donors (Lipinski definition) is 1. The summed E-state index contributed by atoms with van der Waals surface area (Å²) >= 11 is 0. The summed E-state index contributed by atoms with van der Waals surface area (Å²) in [6, 6.07) is 23.7. The second-order valence-corrected chi connectivity index (χ2v) is 10.0. The molecule has 1 saturated heterocycles. The van der Waals surface area contributed by atoms with Gasteiger partial charge in [-0.2, -0.15) is 0 Å². The number of sulfonamides is 1. The molecular formula is C26H29N3O3S. The third-order valence-corrected chi connectivity index (χ3v) is 7.33. The first kappa shape index (κ1) is 23.0. The number of nitrogens with one attached hydrogen (secondary N) is 1. The molecule has 3 aromatic carbocycles. The zero-order chi connectivity index (χ0) is 23.3. The second-order valence-electron chi connectivity index (χ2n) is 8.37. The van der Waals surface area contributed by atoms with E-state index in [4.69, 9.17) is 0 Å². The lowest BCUT2D eigenvalue weighted by molar-refractivity contribution is 0.0638. The number of anilines is 1. The number of carbonyl (C=O) groups excluding carboxylic acids is 1. The summed E-state index contributed by atoms with van der Waals surface area (Å²) in [7, 11) is -3.71. The van der Waals surface area contributed by atoms with Gasteiger partial charge in [-0.05, 0) is 55.3 Å². The molecule has 3 aromatic rings. The van der Waals surface area contributed by atoms with E-state index >= 15 is 0 Å². The van der Waals surface area contributed by atoms with Crippen molar-refractivity contribution in [2.45, 2.75) is 18.2 Å². The van der Waals surface area contributed by atoms with Gasteiger partial charge in [-0.15, -0.1) is 0 Å². The molecule has 1 aliphatic heterocycles. The van der Waals surface area contributed by atoms with E-state index in [-0.39, 0.29) is 10.8 Å². The minimum absolute atomic E-state index is 0.0619. The molecule has 0 aliphatic carbocycles. The van der Waals surface area contributed by atoms with Crippen LogP contribution in [-0.2, 0) is 16.4 Å². The van der Waals surface area contributed by atoms with Gasteiger partial charge in [0.2, 0.25) is 0 Å². The lowest BCUT2D eigenvalue weighted by Gasteiger charge is -2.34. The minimum atomic E-state index is -3.71. The fourth-order valence-corrected chi connectivity index (χ4v) is 4.96. The fraction of sp³-hybridized carbons (Fsp3) is 0.269. The first-order chi connectivity index (χ1) is 15.9. The molecule has 0 bridgehead atoms. The zero-order valence-electron chi connectivity index (χ0n) is 18.8. The molecule has 0 radical (unpaired) electrons. The van der Waals surface area contributed by atoms with Crippen LogP contribution in [-0.4, -0.2) is 56.8 Å². The molecule has 0 aromatic heterocycles. The van der Waals surface area contributed by atoms with Crippen molar-refractivity contribution in [1.82, 2.24) is 9.80 Å². The Labute approximate surface area is 195 Å². The van der Waals surface area contributed by atoms with Crippen LogP contribution in [0.2, 0.25) is 0 Å². The number of hydrogen-bond acceptors (Lipinski definition) is 4. The van der Waals surface area contributed by atoms with Crippen LogP contribution in [0.15, 0.2) is 83.8 Å². The molecule has 6 nitrogen and oxygen atoms in total. The summed E-state index contributed by atoms with van der Waals surface area (Å²) in [5.41, 5.74) is 3.38. The van der Waals surface area contributed by atoms with Crippen LogP contribution in [0.5, 0.6) is 0 Å². The smallest absolute Gasteiger partial charge is 0.261 e. The number of aryl methyl sites for hydroxylation is 1. The van der Waals surface area contributed by atoms with E-state index in [0.717, 1.165) is 31.6 Å². The summed E-state index contributed by atoms with van der Waals surface area (Å²) in [6.07, 6.45) is 1.00. The molecule has 1 aliphatic rings. The van der Waals surface area contributed by atoms with E-state index in [1.54, 1.807) is 24.3 Å². The Morgan fingerprint density at radius 3 is 2.12 bits per heavy atom. The van der Waals surface area contributed by atoms with Crippen LogP contribution in [0.3, 0.4) is 0 Å². The molecule has 4 rings (SSSR count). The van der Waals surface area contributed by atoms with Crippen molar-refractivity contribution in [3.8, 4) is 0 Å². The molecule has 0 saturated carbocycles. The van der Waals surface area contributed by atoms with E-state index in [1.165, 1.54) is 17.7 Å². The van der Waals surface area contributed by atoms with Crippen LogP contribution in [0.1, 0.15) is 21.5 Å². The van der Waals surface area contributed by atoms with Gasteiger partial charge in [0, 0.05) is 44.0 Å². The Morgan fingerprint density at radius 1 is 0.848 bits per heavy atom. The van der Waals surface area contributed by atoms with Crippen molar-refractivity contribution in [3.63, 3.8) is 0 Å². The standard InChI is InChI=1S/C26H29N3O3S/c1-21-7-11-24(12-8-21)27-33(31,32)25-13-9-23(10-14-25)26(30)29-19-17-28(18-20-29)16-15-22-5-3-2-4-6-22/h2-14,27H,15-20H2,1H3. The second kappa shape index (κ2) is 10.2. The van der Waals surface area contributed by atoms with Crippen LogP contribution >= 0.6 is 0 Å². The van der Waals surface area contributed by atoms with Crippen molar-refractivity contribution in [3.05, 3.63) is 95.6 Å². The number of benzene rings is 3. The Morgan fingerprint density at radius 2 is 1.48 bits per heavy atom. The monoisotopic (exact) mass is 463 g/mol. The summed E-state index contributed by atoms with van der Waals surface area (Å²) < 4.78 is 27.9. The average Bonchev–Trinajstić information content (AvgIpc) is 2.85. The van der Waals surface area contributed by atoms with Gasteiger partial charge >= 0.3 is 0 Å². The predicted octanol–water partition coefficient (Wildman–Crippen LogP) is 3.80. The number of piperazine rings is 1. The van der Waals surface area contributed by atoms with Crippen molar-refractivity contribution in [2.75, 3.05) is 37.4 Å². The molecule has 1 heterocycles. The molecule has 1 N–H and O–H groups in total. The first-order valence-electron chi connectivity index (χ1n) is 11.2. The zero-order valence-corrected chi connectivity index (χ0v) is 19.6. The number of carbonyl (C=O) groups is 1. The first-order valence-corrected chi connectivity index (χ1v) is 12.6. The normalized spacial score (nSPS) is 14.8. The number of rotatable bonds is 7. The van der Waals surface area contributed by atoms with Crippen LogP contribution in [0.4, 0.5) is 5.69 Å². The Kier molecular flexibility index (Phi) is 7.11. The third kappa shape index (κ3) is 6.00. The van der Waals surface area contributed by atoms with Crippen molar-refractivity contribution in [1.29, 1.82) is 0 Å². The Balaban J connectivity index is 1.31. The van der Waals surface area contributed by atoms with Gasteiger partial charge < -0.3 is 4.90 Å². The maximum absolute atomic E-state index is 12.9. The maximum atomic E-state index is 12.9. The summed E-state index contributed by atoms with van der Waals surface area (Å²) in [6.45, 7) is 5.94. The molecule has 1 amide bonds. The van der Waals surface area contributed by atoms with Crippen LogP contribution in [0, 0.1) is 6.92 Å². The van der Waals surface area contributed by atoms with Gasteiger partial charge in [-0.1, -0.05) is 48.0 Å². The van der Waals surface area contributed by atoms with E-state index in [0.29, 0.717) is 24.3 Å². The lowest BCUT2D eigenvalue weighted by Crippen LogP contribution is -2.49. The molecule has 33 heavy (non-hydrogen) atoms. The fourth-order valence-electron chi connectivity index (χ4n) is 3.90. The predicted molar refractivity (Wildman–Crippen MR) is 131 cm³/mol. The molecule has 0 unspecified atom stereocenters. The number of nitrogens with zero attached hydrogens (tertiary/aromatic N) is 2. The molecule has 0 atom stereocenters. The molecule has 7 heteroatoms. The number of amides is 1. The van der Waals surface area contributed by atoms with Crippen molar-refractivity contribution in [2.24, 2.45) is 0 Å². The van der Waals surface area contributed by atoms with Crippen LogP contribution < -0.4 is 4.72 Å². The van der Waals surface area contributed by atoms with Crippen LogP contribution in [0.25, 0.3) is 0 Å².